The number of ketones is 2. The number of aliphatic hydroxyl groups is 1. The van der Waals surface area contributed by atoms with Crippen LogP contribution in [-0.2, 0) is 16.6 Å². The van der Waals surface area contributed by atoms with E-state index in [1.807, 2.05) is 20.8 Å². The van der Waals surface area contributed by atoms with Crippen molar-refractivity contribution in [3.8, 4) is 11.5 Å². The average molecular weight is 360 g/mol. The Hall–Kier alpha value is -1.88. The van der Waals surface area contributed by atoms with Gasteiger partial charge in [-0.2, -0.15) is 0 Å². The van der Waals surface area contributed by atoms with E-state index in [0.717, 1.165) is 0 Å². The van der Waals surface area contributed by atoms with E-state index in [1.54, 1.807) is 13.0 Å². The van der Waals surface area contributed by atoms with Crippen LogP contribution in [0.5, 0.6) is 11.5 Å². The molecule has 2 aliphatic carbocycles. The summed E-state index contributed by atoms with van der Waals surface area (Å²) in [6.45, 7) is 7.52. The minimum Gasteiger partial charge on any atom is -0.504 e. The van der Waals surface area contributed by atoms with Gasteiger partial charge in [-0.05, 0) is 25.3 Å². The maximum atomic E-state index is 12.9. The molecule has 0 heterocycles. The minimum absolute atomic E-state index is 0.0219. The molecule has 1 aromatic rings. The number of aromatic hydroxyl groups is 1. The van der Waals surface area contributed by atoms with Gasteiger partial charge in [-0.1, -0.05) is 20.8 Å². The van der Waals surface area contributed by atoms with Gasteiger partial charge in [-0.25, -0.2) is 0 Å². The van der Waals surface area contributed by atoms with E-state index in [-0.39, 0.29) is 23.2 Å². The average Bonchev–Trinajstić information content (AvgIpc) is 2.54. The zero-order valence-electron chi connectivity index (χ0n) is 16.2. The first-order valence-corrected chi connectivity index (χ1v) is 9.22. The molecule has 0 aliphatic heterocycles. The smallest absolute Gasteiger partial charge is 0.164 e. The molecule has 1 aromatic carbocycles. The second-order valence-electron chi connectivity index (χ2n) is 8.64. The third-order valence-electron chi connectivity index (χ3n) is 6.54. The highest BCUT2D eigenvalue weighted by Crippen LogP contribution is 2.59. The Morgan fingerprint density at radius 3 is 2.54 bits per heavy atom. The third-order valence-corrected chi connectivity index (χ3v) is 6.54. The highest BCUT2D eigenvalue weighted by Gasteiger charge is 2.56. The lowest BCUT2D eigenvalue weighted by Crippen LogP contribution is -2.53. The largest absolute Gasteiger partial charge is 0.504 e. The maximum Gasteiger partial charge on any atom is 0.164 e. The second kappa shape index (κ2) is 6.08. The number of ether oxygens (including phenoxy) is 1. The van der Waals surface area contributed by atoms with Gasteiger partial charge in [-0.3, -0.25) is 9.59 Å². The first-order valence-electron chi connectivity index (χ1n) is 9.22. The van der Waals surface area contributed by atoms with E-state index in [4.69, 9.17) is 4.74 Å². The van der Waals surface area contributed by atoms with Crippen molar-refractivity contribution in [2.45, 2.75) is 64.9 Å². The van der Waals surface area contributed by atoms with Crippen LogP contribution in [0.25, 0.3) is 0 Å². The predicted octanol–water partition coefficient (Wildman–Crippen LogP) is 3.17. The normalized spacial score (nSPS) is 28.3. The van der Waals surface area contributed by atoms with Gasteiger partial charge in [0.25, 0.3) is 0 Å². The number of carbonyl (C=O) groups is 2. The molecule has 2 N–H and O–H groups in total. The molecule has 0 amide bonds. The molecule has 5 nitrogen and oxygen atoms in total. The molecule has 1 saturated carbocycles. The molecule has 26 heavy (non-hydrogen) atoms. The van der Waals surface area contributed by atoms with Crippen molar-refractivity contribution in [3.05, 3.63) is 22.8 Å². The number of benzene rings is 1. The van der Waals surface area contributed by atoms with Crippen molar-refractivity contribution in [3.63, 3.8) is 0 Å². The van der Waals surface area contributed by atoms with Gasteiger partial charge in [0, 0.05) is 46.8 Å². The number of aliphatic hydroxyl groups excluding tert-OH is 1. The summed E-state index contributed by atoms with van der Waals surface area (Å²) < 4.78 is 5.44. The molecule has 0 saturated heterocycles. The van der Waals surface area contributed by atoms with Gasteiger partial charge in [0.05, 0.1) is 13.2 Å². The molecule has 2 aliphatic rings. The number of methoxy groups -OCH3 is 1. The van der Waals surface area contributed by atoms with Crippen LogP contribution in [-0.4, -0.2) is 35.0 Å². The summed E-state index contributed by atoms with van der Waals surface area (Å²) in [6, 6.07) is 1.76. The number of rotatable bonds is 3. The second-order valence-corrected chi connectivity index (χ2v) is 8.64. The summed E-state index contributed by atoms with van der Waals surface area (Å²) >= 11 is 0. The lowest BCUT2D eigenvalue weighted by atomic mass is 9.49. The van der Waals surface area contributed by atoms with Crippen LogP contribution >= 0.6 is 0 Å². The molecule has 0 bridgehead atoms. The van der Waals surface area contributed by atoms with E-state index in [9.17, 15) is 19.8 Å². The van der Waals surface area contributed by atoms with Crippen LogP contribution in [0.3, 0.4) is 0 Å². The van der Waals surface area contributed by atoms with Gasteiger partial charge >= 0.3 is 0 Å². The summed E-state index contributed by atoms with van der Waals surface area (Å²) in [5.41, 5.74) is 0.647. The van der Waals surface area contributed by atoms with Gasteiger partial charge in [-0.15, -0.1) is 0 Å². The van der Waals surface area contributed by atoms with E-state index >= 15 is 0 Å². The monoisotopic (exact) mass is 360 g/mol. The summed E-state index contributed by atoms with van der Waals surface area (Å²) in [4.78, 5) is 25.4. The number of Topliss-reactive ketones (excluding diaryl/α,β-unsaturated/α-hetero) is 2. The van der Waals surface area contributed by atoms with Gasteiger partial charge in [0.2, 0.25) is 0 Å². The zero-order chi connectivity index (χ0) is 19.4. The Labute approximate surface area is 154 Å². The highest BCUT2D eigenvalue weighted by molar-refractivity contribution is 6.02. The first kappa shape index (κ1) is 18.9. The zero-order valence-corrected chi connectivity index (χ0v) is 16.2. The van der Waals surface area contributed by atoms with Crippen molar-refractivity contribution in [2.75, 3.05) is 7.11 Å². The number of fused-ring (bicyclic) bond motifs is 3. The number of hydrogen-bond donors (Lipinski definition) is 2. The van der Waals surface area contributed by atoms with Crippen LogP contribution in [0.4, 0.5) is 0 Å². The molecule has 5 heteroatoms. The predicted molar refractivity (Wildman–Crippen MR) is 97.9 cm³/mol. The molecule has 3 rings (SSSR count). The van der Waals surface area contributed by atoms with Gasteiger partial charge < -0.3 is 14.9 Å². The van der Waals surface area contributed by atoms with Crippen LogP contribution in [0.2, 0.25) is 0 Å². The molecule has 0 radical (unpaired) electrons. The fourth-order valence-electron chi connectivity index (χ4n) is 5.14. The molecule has 0 unspecified atom stereocenters. The SMILES string of the molecule is COc1c(C[C@@H](C)O)cc2c(c1O)[C@@]1(C)CCC(=O)C(C)(C)[C@@H]1CC2=O. The first-order chi connectivity index (χ1) is 12.0. The van der Waals surface area contributed by atoms with E-state index < -0.39 is 16.9 Å². The number of hydrogen-bond acceptors (Lipinski definition) is 5. The van der Waals surface area contributed by atoms with Gasteiger partial charge in [0.1, 0.15) is 5.78 Å². The highest BCUT2D eigenvalue weighted by atomic mass is 16.5. The minimum atomic E-state index is -0.616. The Morgan fingerprint density at radius 1 is 1.31 bits per heavy atom. The van der Waals surface area contributed by atoms with Gasteiger partial charge in [0.15, 0.2) is 17.3 Å². The Morgan fingerprint density at radius 2 is 1.96 bits per heavy atom. The Kier molecular flexibility index (Phi) is 4.42. The molecule has 142 valence electrons. The molecule has 3 atom stereocenters. The van der Waals surface area contributed by atoms with Crippen molar-refractivity contribution < 1.29 is 24.5 Å². The standard InChI is InChI=1S/C21H28O5/c1-11(22)8-12-9-13-14(23)10-15-20(2,3)16(24)6-7-21(15,4)17(13)18(25)19(12)26-5/h9,11,15,22,25H,6-8,10H2,1-5H3/t11-,15+,21+/m1/s1. The fraction of sp³-hybridized carbons (Fsp3) is 0.619. The fourth-order valence-corrected chi connectivity index (χ4v) is 5.14. The number of carbonyl (C=O) groups excluding carboxylic acids is 2. The number of phenolic OH excluding ortho intramolecular Hbond substituents is 1. The molecular formula is C21H28O5. The van der Waals surface area contributed by atoms with Crippen LogP contribution in [0.1, 0.15) is 68.4 Å². The third kappa shape index (κ3) is 2.56. The maximum absolute atomic E-state index is 12.9. The van der Waals surface area contributed by atoms with Crippen molar-refractivity contribution in [2.24, 2.45) is 11.3 Å². The van der Waals surface area contributed by atoms with Crippen molar-refractivity contribution in [1.82, 2.24) is 0 Å². The molecule has 1 fully saturated rings. The van der Waals surface area contributed by atoms with E-state index in [0.29, 0.717) is 48.1 Å². The molecular weight excluding hydrogens is 332 g/mol. The van der Waals surface area contributed by atoms with Crippen molar-refractivity contribution >= 4 is 11.6 Å². The van der Waals surface area contributed by atoms with Crippen LogP contribution in [0, 0.1) is 11.3 Å². The van der Waals surface area contributed by atoms with Crippen LogP contribution in [0.15, 0.2) is 6.07 Å². The van der Waals surface area contributed by atoms with Crippen molar-refractivity contribution in [1.29, 1.82) is 0 Å². The summed E-state index contributed by atoms with van der Waals surface area (Å²) in [6.07, 6.45) is 1.01. The lowest BCUT2D eigenvalue weighted by Gasteiger charge is -2.52. The lowest BCUT2D eigenvalue weighted by molar-refractivity contribution is -0.136. The number of phenols is 1. The summed E-state index contributed by atoms with van der Waals surface area (Å²) in [5, 5.41) is 20.8. The molecule has 0 spiro atoms. The summed E-state index contributed by atoms with van der Waals surface area (Å²) in [5.74, 6) is 0.248. The quantitative estimate of drug-likeness (QED) is 0.865. The summed E-state index contributed by atoms with van der Waals surface area (Å²) in [7, 11) is 1.48. The topological polar surface area (TPSA) is 83.8 Å². The van der Waals surface area contributed by atoms with E-state index in [1.165, 1.54) is 7.11 Å². The Bertz CT molecular complexity index is 777. The van der Waals surface area contributed by atoms with E-state index in [2.05, 4.69) is 0 Å². The van der Waals surface area contributed by atoms with Crippen LogP contribution < -0.4 is 4.74 Å². The molecule has 0 aromatic heterocycles. The Balaban J connectivity index is 2.26.